The minimum Gasteiger partial charge on any atom is -0.362 e. The first-order valence-corrected chi connectivity index (χ1v) is 5.65. The third-order valence-corrected chi connectivity index (χ3v) is 2.91. The van der Waals surface area contributed by atoms with Gasteiger partial charge in [-0.1, -0.05) is 42.4 Å². The molecule has 1 aromatic carbocycles. The number of hydrogen-bond acceptors (Lipinski definition) is 1. The lowest BCUT2D eigenvalue weighted by atomic mass is 9.97. The third-order valence-electron chi connectivity index (χ3n) is 2.42. The molecule has 0 spiro atoms. The number of nitrogens with one attached hydrogen (secondary N) is 1. The SMILES string of the molecule is C=CNc1cc(Br)ccc1C(C)CC. The summed E-state index contributed by atoms with van der Waals surface area (Å²) in [7, 11) is 0. The second kappa shape index (κ2) is 5.20. The molecule has 1 aromatic rings. The van der Waals surface area contributed by atoms with E-state index in [1.165, 1.54) is 5.56 Å². The van der Waals surface area contributed by atoms with E-state index in [0.29, 0.717) is 5.92 Å². The quantitative estimate of drug-likeness (QED) is 0.833. The van der Waals surface area contributed by atoms with Crippen molar-refractivity contribution in [1.29, 1.82) is 0 Å². The van der Waals surface area contributed by atoms with E-state index in [1.54, 1.807) is 6.20 Å². The molecule has 0 saturated carbocycles. The predicted octanol–water partition coefficient (Wildman–Crippen LogP) is 4.52. The summed E-state index contributed by atoms with van der Waals surface area (Å²) in [6.45, 7) is 8.12. The first-order valence-electron chi connectivity index (χ1n) is 4.86. The maximum atomic E-state index is 3.69. The lowest BCUT2D eigenvalue weighted by Gasteiger charge is -2.15. The average molecular weight is 254 g/mol. The van der Waals surface area contributed by atoms with Gasteiger partial charge in [-0.25, -0.2) is 0 Å². The molecule has 14 heavy (non-hydrogen) atoms. The van der Waals surface area contributed by atoms with Gasteiger partial charge >= 0.3 is 0 Å². The van der Waals surface area contributed by atoms with Crippen LogP contribution in [0, 0.1) is 0 Å². The fourth-order valence-electron chi connectivity index (χ4n) is 1.41. The van der Waals surface area contributed by atoms with Crippen LogP contribution in [0.3, 0.4) is 0 Å². The van der Waals surface area contributed by atoms with Crippen LogP contribution in [0.2, 0.25) is 0 Å². The Morgan fingerprint density at radius 1 is 1.57 bits per heavy atom. The normalized spacial score (nSPS) is 12.2. The standard InChI is InChI=1S/C12H16BrN/c1-4-9(3)11-7-6-10(13)8-12(11)14-5-2/h5-9,14H,2,4H2,1,3H3. The van der Waals surface area contributed by atoms with Crippen LogP contribution in [-0.4, -0.2) is 0 Å². The Hall–Kier alpha value is -0.760. The smallest absolute Gasteiger partial charge is 0.0426 e. The molecule has 1 unspecified atom stereocenters. The topological polar surface area (TPSA) is 12.0 Å². The Morgan fingerprint density at radius 2 is 2.29 bits per heavy atom. The Labute approximate surface area is 94.3 Å². The number of hydrogen-bond donors (Lipinski definition) is 1. The molecule has 0 amide bonds. The molecule has 0 heterocycles. The van der Waals surface area contributed by atoms with E-state index in [2.05, 4.69) is 59.9 Å². The first-order chi connectivity index (χ1) is 6.69. The second-order valence-corrected chi connectivity index (χ2v) is 4.31. The van der Waals surface area contributed by atoms with Gasteiger partial charge in [0.2, 0.25) is 0 Å². The second-order valence-electron chi connectivity index (χ2n) is 3.39. The van der Waals surface area contributed by atoms with Gasteiger partial charge in [-0.2, -0.15) is 0 Å². The Balaban J connectivity index is 3.07. The van der Waals surface area contributed by atoms with Crippen molar-refractivity contribution in [3.63, 3.8) is 0 Å². The monoisotopic (exact) mass is 253 g/mol. The number of anilines is 1. The van der Waals surface area contributed by atoms with Gasteiger partial charge in [-0.15, -0.1) is 0 Å². The molecule has 0 aromatic heterocycles. The van der Waals surface area contributed by atoms with E-state index in [9.17, 15) is 0 Å². The highest BCUT2D eigenvalue weighted by atomic mass is 79.9. The summed E-state index contributed by atoms with van der Waals surface area (Å²) in [4.78, 5) is 0. The van der Waals surface area contributed by atoms with Crippen LogP contribution >= 0.6 is 15.9 Å². The average Bonchev–Trinajstić information content (AvgIpc) is 2.17. The molecule has 0 saturated heterocycles. The molecule has 0 radical (unpaired) electrons. The maximum Gasteiger partial charge on any atom is 0.0426 e. The van der Waals surface area contributed by atoms with Crippen LogP contribution < -0.4 is 5.32 Å². The summed E-state index contributed by atoms with van der Waals surface area (Å²) in [5.41, 5.74) is 2.49. The van der Waals surface area contributed by atoms with Crippen LogP contribution in [0.15, 0.2) is 35.5 Å². The lowest BCUT2D eigenvalue weighted by molar-refractivity contribution is 0.735. The van der Waals surface area contributed by atoms with Crippen molar-refractivity contribution in [2.24, 2.45) is 0 Å². The van der Waals surface area contributed by atoms with E-state index >= 15 is 0 Å². The fourth-order valence-corrected chi connectivity index (χ4v) is 1.77. The minimum atomic E-state index is 0.575. The van der Waals surface area contributed by atoms with E-state index in [4.69, 9.17) is 0 Å². The maximum absolute atomic E-state index is 3.69. The molecule has 1 rings (SSSR count). The molecule has 0 aliphatic heterocycles. The van der Waals surface area contributed by atoms with Crippen LogP contribution in [0.25, 0.3) is 0 Å². The summed E-state index contributed by atoms with van der Waals surface area (Å²) >= 11 is 3.46. The summed E-state index contributed by atoms with van der Waals surface area (Å²) in [6, 6.07) is 6.32. The molecule has 0 aliphatic rings. The van der Waals surface area contributed by atoms with Gasteiger partial charge in [0.1, 0.15) is 0 Å². The number of benzene rings is 1. The third kappa shape index (κ3) is 2.61. The van der Waals surface area contributed by atoms with Gasteiger partial charge in [0.15, 0.2) is 0 Å². The molecule has 0 bridgehead atoms. The lowest BCUT2D eigenvalue weighted by Crippen LogP contribution is -1.98. The van der Waals surface area contributed by atoms with Crippen LogP contribution in [0.1, 0.15) is 31.7 Å². The van der Waals surface area contributed by atoms with Gasteiger partial charge in [0.25, 0.3) is 0 Å². The van der Waals surface area contributed by atoms with E-state index < -0.39 is 0 Å². The van der Waals surface area contributed by atoms with Crippen molar-refractivity contribution in [1.82, 2.24) is 0 Å². The molecule has 1 nitrogen and oxygen atoms in total. The molecular weight excluding hydrogens is 238 g/mol. The Kier molecular flexibility index (Phi) is 4.21. The molecule has 0 aliphatic carbocycles. The van der Waals surface area contributed by atoms with Crippen molar-refractivity contribution in [2.75, 3.05) is 5.32 Å². The zero-order valence-corrected chi connectivity index (χ0v) is 10.3. The van der Waals surface area contributed by atoms with Crippen LogP contribution in [-0.2, 0) is 0 Å². The molecule has 2 heteroatoms. The first kappa shape index (κ1) is 11.3. The summed E-state index contributed by atoms with van der Waals surface area (Å²) in [5.74, 6) is 0.575. The molecule has 1 atom stereocenters. The van der Waals surface area contributed by atoms with Gasteiger partial charge in [-0.05, 0) is 36.2 Å². The predicted molar refractivity (Wildman–Crippen MR) is 66.7 cm³/mol. The summed E-state index contributed by atoms with van der Waals surface area (Å²) in [5, 5.41) is 3.17. The molecule has 0 fully saturated rings. The fraction of sp³-hybridized carbons (Fsp3) is 0.333. The largest absolute Gasteiger partial charge is 0.362 e. The van der Waals surface area contributed by atoms with Crippen molar-refractivity contribution in [2.45, 2.75) is 26.2 Å². The molecule has 76 valence electrons. The van der Waals surface area contributed by atoms with E-state index in [-0.39, 0.29) is 0 Å². The van der Waals surface area contributed by atoms with Crippen molar-refractivity contribution < 1.29 is 0 Å². The zero-order valence-electron chi connectivity index (χ0n) is 8.68. The van der Waals surface area contributed by atoms with Crippen LogP contribution in [0.5, 0.6) is 0 Å². The summed E-state index contributed by atoms with van der Waals surface area (Å²) < 4.78 is 1.09. The highest BCUT2D eigenvalue weighted by Crippen LogP contribution is 2.29. The van der Waals surface area contributed by atoms with Crippen LogP contribution in [0.4, 0.5) is 5.69 Å². The van der Waals surface area contributed by atoms with Crippen molar-refractivity contribution >= 4 is 21.6 Å². The Morgan fingerprint density at radius 3 is 2.86 bits per heavy atom. The van der Waals surface area contributed by atoms with E-state index in [1.807, 2.05) is 0 Å². The number of halogens is 1. The van der Waals surface area contributed by atoms with Crippen molar-refractivity contribution in [3.05, 3.63) is 41.0 Å². The van der Waals surface area contributed by atoms with Gasteiger partial charge in [0.05, 0.1) is 0 Å². The highest BCUT2D eigenvalue weighted by molar-refractivity contribution is 9.10. The van der Waals surface area contributed by atoms with Gasteiger partial charge < -0.3 is 5.32 Å². The Bertz CT molecular complexity index is 320. The molecular formula is C12H16BrN. The van der Waals surface area contributed by atoms with Gasteiger partial charge in [-0.3, -0.25) is 0 Å². The van der Waals surface area contributed by atoms with Gasteiger partial charge in [0, 0.05) is 10.2 Å². The zero-order chi connectivity index (χ0) is 10.6. The number of rotatable bonds is 4. The van der Waals surface area contributed by atoms with E-state index in [0.717, 1.165) is 16.6 Å². The highest BCUT2D eigenvalue weighted by Gasteiger charge is 2.08. The minimum absolute atomic E-state index is 0.575. The molecule has 1 N–H and O–H groups in total. The van der Waals surface area contributed by atoms with Crippen molar-refractivity contribution in [3.8, 4) is 0 Å². The summed E-state index contributed by atoms with van der Waals surface area (Å²) in [6.07, 6.45) is 2.86.